The lowest BCUT2D eigenvalue weighted by molar-refractivity contribution is 0.103. The summed E-state index contributed by atoms with van der Waals surface area (Å²) in [4.78, 5) is 41.9. The Morgan fingerprint density at radius 2 is 1.77 bits per heavy atom. The van der Waals surface area contributed by atoms with Crippen LogP contribution in [0.5, 0.6) is 5.75 Å². The maximum Gasteiger partial charge on any atom is 0.412 e. The number of nitrogens with one attached hydrogen (secondary N) is 2. The van der Waals surface area contributed by atoms with Gasteiger partial charge in [0.1, 0.15) is 29.4 Å². The fourth-order valence-electron chi connectivity index (χ4n) is 4.27. The number of anilines is 1. The van der Waals surface area contributed by atoms with E-state index in [0.29, 0.717) is 22.5 Å². The normalized spacial score (nSPS) is 12.8. The SMILES string of the molecule is O=C(Nc1ccc(O)c(C(=O)c2c[nH]c3ncc(-c4cnc(C5CC5)nc4)cc23)c1F)OCc1ccccc1. The van der Waals surface area contributed by atoms with Gasteiger partial charge in [-0.3, -0.25) is 10.1 Å². The number of phenolic OH excluding ortho intramolecular Hbond substituents is 1. The van der Waals surface area contributed by atoms with Crippen molar-refractivity contribution in [2.45, 2.75) is 25.4 Å². The first-order valence-corrected chi connectivity index (χ1v) is 12.3. The smallest absolute Gasteiger partial charge is 0.412 e. The summed E-state index contributed by atoms with van der Waals surface area (Å²) in [5.41, 5.74) is 1.79. The topological polar surface area (TPSA) is 130 Å². The molecule has 0 spiro atoms. The highest BCUT2D eigenvalue weighted by molar-refractivity contribution is 6.18. The van der Waals surface area contributed by atoms with Crippen LogP contribution in [0.2, 0.25) is 0 Å². The van der Waals surface area contributed by atoms with Gasteiger partial charge in [-0.2, -0.15) is 0 Å². The quantitative estimate of drug-likeness (QED) is 0.184. The predicted molar refractivity (Wildman–Crippen MR) is 141 cm³/mol. The number of nitrogens with zero attached hydrogens (tertiary/aromatic N) is 3. The zero-order valence-electron chi connectivity index (χ0n) is 20.5. The van der Waals surface area contributed by atoms with Crippen LogP contribution in [0.4, 0.5) is 14.9 Å². The Hall–Kier alpha value is -5.12. The number of halogens is 1. The Morgan fingerprint density at radius 1 is 1.03 bits per heavy atom. The molecular weight excluding hydrogens is 501 g/mol. The number of ketones is 1. The van der Waals surface area contributed by atoms with Crippen molar-refractivity contribution in [3.63, 3.8) is 0 Å². The average Bonchev–Trinajstić information content (AvgIpc) is 3.73. The van der Waals surface area contributed by atoms with Gasteiger partial charge in [0.25, 0.3) is 0 Å². The molecule has 0 unspecified atom stereocenters. The van der Waals surface area contributed by atoms with Crippen LogP contribution < -0.4 is 5.32 Å². The van der Waals surface area contributed by atoms with Gasteiger partial charge in [0.2, 0.25) is 5.78 Å². The number of rotatable bonds is 7. The van der Waals surface area contributed by atoms with Crippen molar-refractivity contribution in [2.75, 3.05) is 5.32 Å². The second kappa shape index (κ2) is 9.97. The molecule has 0 bridgehead atoms. The van der Waals surface area contributed by atoms with Crippen LogP contribution in [0, 0.1) is 5.82 Å². The molecule has 3 N–H and O–H groups in total. The second-order valence-electron chi connectivity index (χ2n) is 9.26. The van der Waals surface area contributed by atoms with E-state index in [1.54, 1.807) is 48.9 Å². The van der Waals surface area contributed by atoms with Gasteiger partial charge in [-0.05, 0) is 36.6 Å². The number of fused-ring (bicyclic) bond motifs is 1. The summed E-state index contributed by atoms with van der Waals surface area (Å²) in [6, 6.07) is 13.0. The Kier molecular flexibility index (Phi) is 6.20. The van der Waals surface area contributed by atoms with E-state index < -0.39 is 29.0 Å². The molecule has 1 aliphatic carbocycles. The van der Waals surface area contributed by atoms with Crippen molar-refractivity contribution in [3.05, 3.63) is 102 Å². The number of pyridine rings is 1. The van der Waals surface area contributed by atoms with Crippen molar-refractivity contribution in [2.24, 2.45) is 0 Å². The number of hydrogen-bond acceptors (Lipinski definition) is 7. The minimum atomic E-state index is -1.08. The molecule has 6 rings (SSSR count). The molecule has 9 nitrogen and oxygen atoms in total. The zero-order chi connectivity index (χ0) is 26.9. The molecule has 5 aromatic rings. The highest BCUT2D eigenvalue weighted by Crippen LogP contribution is 2.38. The van der Waals surface area contributed by atoms with E-state index in [0.717, 1.165) is 41.9 Å². The van der Waals surface area contributed by atoms with Crippen LogP contribution >= 0.6 is 0 Å². The molecule has 0 radical (unpaired) electrons. The Labute approximate surface area is 221 Å². The lowest BCUT2D eigenvalue weighted by Crippen LogP contribution is -2.16. The molecule has 1 saturated carbocycles. The molecule has 194 valence electrons. The van der Waals surface area contributed by atoms with Gasteiger partial charge in [-0.25, -0.2) is 24.1 Å². The average molecular weight is 524 g/mol. The number of ether oxygens (including phenoxy) is 1. The van der Waals surface area contributed by atoms with Crippen molar-refractivity contribution >= 4 is 28.6 Å². The number of H-pyrrole nitrogens is 1. The third-order valence-corrected chi connectivity index (χ3v) is 6.52. The molecule has 0 saturated heterocycles. The van der Waals surface area contributed by atoms with Crippen molar-refractivity contribution in [1.29, 1.82) is 0 Å². The number of carbonyl (C=O) groups is 2. The summed E-state index contributed by atoms with van der Waals surface area (Å²) >= 11 is 0. The summed E-state index contributed by atoms with van der Waals surface area (Å²) in [6.45, 7) is -0.0167. The number of benzene rings is 2. The number of aromatic hydroxyl groups is 1. The molecule has 39 heavy (non-hydrogen) atoms. The van der Waals surface area contributed by atoms with Gasteiger partial charge in [0, 0.05) is 52.8 Å². The van der Waals surface area contributed by atoms with E-state index >= 15 is 4.39 Å². The Balaban J connectivity index is 1.26. The largest absolute Gasteiger partial charge is 0.507 e. The van der Waals surface area contributed by atoms with Crippen LogP contribution in [-0.2, 0) is 11.3 Å². The fraction of sp³-hybridized carbons (Fsp3) is 0.138. The molecule has 0 aliphatic heterocycles. The number of amides is 1. The zero-order valence-corrected chi connectivity index (χ0v) is 20.5. The first-order valence-electron chi connectivity index (χ1n) is 12.3. The highest BCUT2D eigenvalue weighted by atomic mass is 19.1. The molecule has 3 aromatic heterocycles. The van der Waals surface area contributed by atoms with Gasteiger partial charge in [-0.15, -0.1) is 0 Å². The van der Waals surface area contributed by atoms with Gasteiger partial charge in [0.15, 0.2) is 5.82 Å². The van der Waals surface area contributed by atoms with Crippen LogP contribution in [-0.4, -0.2) is 36.9 Å². The number of aromatic nitrogens is 4. The third-order valence-electron chi connectivity index (χ3n) is 6.52. The van der Waals surface area contributed by atoms with Gasteiger partial charge in [-0.1, -0.05) is 30.3 Å². The van der Waals surface area contributed by atoms with Crippen LogP contribution in [0.3, 0.4) is 0 Å². The van der Waals surface area contributed by atoms with Crippen LogP contribution in [0.1, 0.15) is 46.1 Å². The Morgan fingerprint density at radius 3 is 2.51 bits per heavy atom. The number of phenols is 1. The summed E-state index contributed by atoms with van der Waals surface area (Å²) in [7, 11) is 0. The van der Waals surface area contributed by atoms with E-state index in [9.17, 15) is 14.7 Å². The molecule has 3 heterocycles. The first-order chi connectivity index (χ1) is 19.0. The highest BCUT2D eigenvalue weighted by Gasteiger charge is 2.27. The minimum absolute atomic E-state index is 0.0167. The molecule has 2 aromatic carbocycles. The van der Waals surface area contributed by atoms with E-state index in [4.69, 9.17) is 4.74 Å². The second-order valence-corrected chi connectivity index (χ2v) is 9.26. The molecule has 1 fully saturated rings. The van der Waals surface area contributed by atoms with Crippen LogP contribution in [0.25, 0.3) is 22.2 Å². The maximum atomic E-state index is 15.5. The van der Waals surface area contributed by atoms with Crippen molar-refractivity contribution in [3.8, 4) is 16.9 Å². The number of aromatic amines is 1. The summed E-state index contributed by atoms with van der Waals surface area (Å²) in [5, 5.41) is 13.1. The van der Waals surface area contributed by atoms with Gasteiger partial charge in [0.05, 0.1) is 5.69 Å². The van der Waals surface area contributed by atoms with E-state index in [1.165, 1.54) is 6.20 Å². The maximum absolute atomic E-state index is 15.5. The fourth-order valence-corrected chi connectivity index (χ4v) is 4.27. The summed E-state index contributed by atoms with van der Waals surface area (Å²) in [5.74, 6) is -1.19. The van der Waals surface area contributed by atoms with Crippen molar-refractivity contribution in [1.82, 2.24) is 19.9 Å². The van der Waals surface area contributed by atoms with Crippen molar-refractivity contribution < 1.29 is 23.8 Å². The van der Waals surface area contributed by atoms with E-state index in [-0.39, 0.29) is 17.9 Å². The summed E-state index contributed by atoms with van der Waals surface area (Å²) in [6.07, 6.45) is 7.76. The van der Waals surface area contributed by atoms with Crippen LogP contribution in [0.15, 0.2) is 73.3 Å². The number of hydrogen-bond donors (Lipinski definition) is 3. The van der Waals surface area contributed by atoms with Gasteiger partial charge >= 0.3 is 6.09 Å². The van der Waals surface area contributed by atoms with E-state index in [1.807, 2.05) is 6.07 Å². The van der Waals surface area contributed by atoms with E-state index in [2.05, 4.69) is 25.3 Å². The Bertz CT molecular complexity index is 1700. The lowest BCUT2D eigenvalue weighted by Gasteiger charge is -2.11. The minimum Gasteiger partial charge on any atom is -0.507 e. The molecule has 0 atom stereocenters. The first kappa shape index (κ1) is 24.2. The third kappa shape index (κ3) is 4.91. The lowest BCUT2D eigenvalue weighted by atomic mass is 10.00. The molecular formula is C29H22FN5O4. The molecule has 1 aliphatic rings. The molecule has 10 heteroatoms. The standard InChI is InChI=1S/C29H22FN5O4/c30-25-22(35-29(38)39-15-16-4-2-1-3-5-16)8-9-23(36)24(25)26(37)21-14-34-28-20(21)10-18(11-33-28)19-12-31-27(32-13-19)17-6-7-17/h1-5,8-14,17,36H,6-7,15H2,(H,33,34)(H,35,38). The molecule has 1 amide bonds. The number of carbonyl (C=O) groups excluding carboxylic acids is 2. The monoisotopic (exact) mass is 523 g/mol. The predicted octanol–water partition coefficient (Wildman–Crippen LogP) is 5.72. The van der Waals surface area contributed by atoms with Gasteiger partial charge < -0.3 is 14.8 Å². The summed E-state index contributed by atoms with van der Waals surface area (Å²) < 4.78 is 20.6.